The molecular weight excluding hydrogens is 331 g/mol. The van der Waals surface area contributed by atoms with Gasteiger partial charge in [-0.3, -0.25) is 0 Å². The van der Waals surface area contributed by atoms with Crippen LogP contribution in [0.15, 0.2) is 17.0 Å². The Hall–Kier alpha value is -0.330. The highest BCUT2D eigenvalue weighted by atomic mass is 35.5. The summed E-state index contributed by atoms with van der Waals surface area (Å²) in [4.78, 5) is 0.0594. The molecule has 0 spiro atoms. The first kappa shape index (κ1) is 17.0. The second-order valence-electron chi connectivity index (χ2n) is 5.55. The van der Waals surface area contributed by atoms with Crippen molar-refractivity contribution in [1.82, 2.24) is 10.0 Å². The third-order valence-corrected chi connectivity index (χ3v) is 5.95. The van der Waals surface area contributed by atoms with Gasteiger partial charge in [0.25, 0.3) is 0 Å². The summed E-state index contributed by atoms with van der Waals surface area (Å²) < 4.78 is 27.6. The van der Waals surface area contributed by atoms with Gasteiger partial charge in [-0.25, -0.2) is 13.1 Å². The van der Waals surface area contributed by atoms with Crippen LogP contribution in [0.1, 0.15) is 32.3 Å². The Labute approximate surface area is 136 Å². The molecule has 1 fully saturated rings. The van der Waals surface area contributed by atoms with Crippen LogP contribution < -0.4 is 10.0 Å². The van der Waals surface area contributed by atoms with Crippen molar-refractivity contribution in [2.75, 3.05) is 6.54 Å². The standard InChI is InChI=1S/C14H20Cl2N2O2S/c1-3-17-8-10-6-11(15)7-13(14(10)16)21(19,20)18-12-4-9(2)5-12/h6-7,9,12,17-18H,3-5,8H2,1-2H3. The highest BCUT2D eigenvalue weighted by molar-refractivity contribution is 7.89. The third-order valence-electron chi connectivity index (χ3n) is 3.63. The average Bonchev–Trinajstić information content (AvgIpc) is 2.37. The van der Waals surface area contributed by atoms with Crippen LogP contribution in [0.5, 0.6) is 0 Å². The molecule has 0 radical (unpaired) electrons. The van der Waals surface area contributed by atoms with Crippen molar-refractivity contribution in [3.8, 4) is 0 Å². The van der Waals surface area contributed by atoms with E-state index in [1.165, 1.54) is 6.07 Å². The molecule has 2 N–H and O–H groups in total. The maximum absolute atomic E-state index is 12.5. The van der Waals surface area contributed by atoms with Crippen LogP contribution >= 0.6 is 23.2 Å². The van der Waals surface area contributed by atoms with Crippen LogP contribution in [0.2, 0.25) is 10.0 Å². The van der Waals surface area contributed by atoms with Gasteiger partial charge in [-0.2, -0.15) is 0 Å². The minimum absolute atomic E-state index is 0.00253. The summed E-state index contributed by atoms with van der Waals surface area (Å²) in [5, 5.41) is 3.73. The molecule has 0 unspecified atom stereocenters. The lowest BCUT2D eigenvalue weighted by Crippen LogP contribution is -2.43. The predicted octanol–water partition coefficient (Wildman–Crippen LogP) is 3.18. The van der Waals surface area contributed by atoms with Crippen molar-refractivity contribution in [2.45, 2.75) is 44.2 Å². The maximum Gasteiger partial charge on any atom is 0.242 e. The van der Waals surface area contributed by atoms with Gasteiger partial charge in [0.2, 0.25) is 10.0 Å². The Bertz CT molecular complexity index is 614. The molecule has 118 valence electrons. The number of hydrogen-bond donors (Lipinski definition) is 2. The van der Waals surface area contributed by atoms with Crippen molar-refractivity contribution >= 4 is 33.2 Å². The molecule has 0 amide bonds. The number of sulfonamides is 1. The van der Waals surface area contributed by atoms with E-state index in [1.807, 2.05) is 6.92 Å². The van der Waals surface area contributed by atoms with Gasteiger partial charge in [0.05, 0.1) is 5.02 Å². The topological polar surface area (TPSA) is 58.2 Å². The summed E-state index contributed by atoms with van der Waals surface area (Å²) in [5.41, 5.74) is 0.688. The van der Waals surface area contributed by atoms with E-state index in [0.29, 0.717) is 23.0 Å². The normalized spacial score (nSPS) is 22.1. The maximum atomic E-state index is 12.5. The average molecular weight is 351 g/mol. The fourth-order valence-corrected chi connectivity index (χ4v) is 4.68. The molecule has 0 saturated heterocycles. The molecule has 0 heterocycles. The molecule has 0 aliphatic heterocycles. The molecule has 4 nitrogen and oxygen atoms in total. The number of hydrogen-bond acceptors (Lipinski definition) is 3. The molecule has 7 heteroatoms. The van der Waals surface area contributed by atoms with Crippen molar-refractivity contribution < 1.29 is 8.42 Å². The molecule has 0 atom stereocenters. The summed E-state index contributed by atoms with van der Waals surface area (Å²) in [6, 6.07) is 3.10. The first-order valence-electron chi connectivity index (χ1n) is 7.04. The molecule has 0 aromatic heterocycles. The summed E-state index contributed by atoms with van der Waals surface area (Å²) in [7, 11) is -3.64. The second-order valence-corrected chi connectivity index (χ2v) is 8.05. The zero-order valence-electron chi connectivity index (χ0n) is 12.1. The van der Waals surface area contributed by atoms with Gasteiger partial charge in [0, 0.05) is 17.6 Å². The number of benzene rings is 1. The van der Waals surface area contributed by atoms with Crippen LogP contribution in [0, 0.1) is 5.92 Å². The van der Waals surface area contributed by atoms with Gasteiger partial charge < -0.3 is 5.32 Å². The lowest BCUT2D eigenvalue weighted by molar-refractivity contribution is 0.270. The Morgan fingerprint density at radius 2 is 1.95 bits per heavy atom. The molecule has 2 rings (SSSR count). The van der Waals surface area contributed by atoms with E-state index in [-0.39, 0.29) is 16.0 Å². The number of halogens is 2. The molecule has 1 aliphatic carbocycles. The Morgan fingerprint density at radius 1 is 1.29 bits per heavy atom. The van der Waals surface area contributed by atoms with Gasteiger partial charge in [-0.15, -0.1) is 0 Å². The van der Waals surface area contributed by atoms with Crippen molar-refractivity contribution in [3.63, 3.8) is 0 Å². The van der Waals surface area contributed by atoms with Gasteiger partial charge in [-0.05, 0) is 43.0 Å². The van der Waals surface area contributed by atoms with Gasteiger partial charge in [0.1, 0.15) is 4.90 Å². The lowest BCUT2D eigenvalue weighted by atomic mass is 9.83. The molecule has 21 heavy (non-hydrogen) atoms. The third kappa shape index (κ3) is 4.11. The summed E-state index contributed by atoms with van der Waals surface area (Å²) >= 11 is 12.3. The van der Waals surface area contributed by atoms with Crippen molar-refractivity contribution in [1.29, 1.82) is 0 Å². The van der Waals surface area contributed by atoms with Crippen LogP contribution in [-0.2, 0) is 16.6 Å². The van der Waals surface area contributed by atoms with Crippen LogP contribution in [-0.4, -0.2) is 21.0 Å². The van der Waals surface area contributed by atoms with Gasteiger partial charge in [0.15, 0.2) is 0 Å². The zero-order chi connectivity index (χ0) is 15.6. The van der Waals surface area contributed by atoms with E-state index >= 15 is 0 Å². The van der Waals surface area contributed by atoms with E-state index in [4.69, 9.17) is 23.2 Å². The van der Waals surface area contributed by atoms with E-state index in [1.54, 1.807) is 6.07 Å². The minimum Gasteiger partial charge on any atom is -0.313 e. The molecule has 0 bridgehead atoms. The number of nitrogens with one attached hydrogen (secondary N) is 2. The molecule has 1 saturated carbocycles. The van der Waals surface area contributed by atoms with Crippen LogP contribution in [0.3, 0.4) is 0 Å². The van der Waals surface area contributed by atoms with E-state index < -0.39 is 10.0 Å². The minimum atomic E-state index is -3.64. The largest absolute Gasteiger partial charge is 0.313 e. The van der Waals surface area contributed by atoms with Crippen LogP contribution in [0.4, 0.5) is 0 Å². The van der Waals surface area contributed by atoms with Gasteiger partial charge >= 0.3 is 0 Å². The summed E-state index contributed by atoms with van der Waals surface area (Å²) in [6.45, 7) is 5.32. The van der Waals surface area contributed by atoms with E-state index in [9.17, 15) is 8.42 Å². The fraction of sp³-hybridized carbons (Fsp3) is 0.571. The Balaban J connectivity index is 2.27. The number of rotatable bonds is 6. The van der Waals surface area contributed by atoms with Gasteiger partial charge in [-0.1, -0.05) is 37.0 Å². The monoisotopic (exact) mass is 350 g/mol. The fourth-order valence-electron chi connectivity index (χ4n) is 2.48. The molecule has 1 aromatic carbocycles. The highest BCUT2D eigenvalue weighted by Crippen LogP contribution is 2.32. The predicted molar refractivity (Wildman–Crippen MR) is 86.4 cm³/mol. The smallest absolute Gasteiger partial charge is 0.242 e. The van der Waals surface area contributed by atoms with E-state index in [0.717, 1.165) is 19.4 Å². The zero-order valence-corrected chi connectivity index (χ0v) is 14.4. The lowest BCUT2D eigenvalue weighted by Gasteiger charge is -2.33. The summed E-state index contributed by atoms with van der Waals surface area (Å²) in [5.74, 6) is 0.567. The van der Waals surface area contributed by atoms with Crippen molar-refractivity contribution in [3.05, 3.63) is 27.7 Å². The Morgan fingerprint density at radius 3 is 2.52 bits per heavy atom. The summed E-state index contributed by atoms with van der Waals surface area (Å²) in [6.07, 6.45) is 1.73. The SMILES string of the molecule is CCNCc1cc(Cl)cc(S(=O)(=O)NC2CC(C)C2)c1Cl. The Kier molecular flexibility index (Phi) is 5.54. The first-order valence-corrected chi connectivity index (χ1v) is 9.28. The van der Waals surface area contributed by atoms with Crippen molar-refractivity contribution in [2.24, 2.45) is 5.92 Å². The quantitative estimate of drug-likeness (QED) is 0.828. The molecular formula is C14H20Cl2N2O2S. The first-order chi connectivity index (χ1) is 9.83. The second kappa shape index (κ2) is 6.84. The molecule has 1 aliphatic rings. The van der Waals surface area contributed by atoms with E-state index in [2.05, 4.69) is 17.0 Å². The highest BCUT2D eigenvalue weighted by Gasteiger charge is 2.31. The molecule has 1 aromatic rings. The van der Waals surface area contributed by atoms with Crippen LogP contribution in [0.25, 0.3) is 0 Å².